The van der Waals surface area contributed by atoms with Crippen LogP contribution in [0.15, 0.2) is 53.6 Å². The van der Waals surface area contributed by atoms with Crippen molar-refractivity contribution in [3.05, 3.63) is 69.8 Å². The first-order chi connectivity index (χ1) is 11.0. The Balaban J connectivity index is 2.12. The van der Waals surface area contributed by atoms with E-state index in [1.807, 2.05) is 0 Å². The fourth-order valence-electron chi connectivity index (χ4n) is 1.92. The maximum absolute atomic E-state index is 12.1. The van der Waals surface area contributed by atoms with Crippen LogP contribution < -0.4 is 10.2 Å². The second kappa shape index (κ2) is 7.17. The van der Waals surface area contributed by atoms with Crippen molar-refractivity contribution < 1.29 is 14.5 Å². The summed E-state index contributed by atoms with van der Waals surface area (Å²) in [6, 6.07) is 12.7. The number of ether oxygens (including phenoxy) is 1. The molecule has 1 amide bonds. The Morgan fingerprint density at radius 2 is 1.83 bits per heavy atom. The summed E-state index contributed by atoms with van der Waals surface area (Å²) in [6.45, 7) is 1.70. The molecule has 0 bridgehead atoms. The number of amides is 1. The van der Waals surface area contributed by atoms with Crippen LogP contribution in [0.4, 0.5) is 5.69 Å². The van der Waals surface area contributed by atoms with Gasteiger partial charge in [0.2, 0.25) is 0 Å². The van der Waals surface area contributed by atoms with Crippen molar-refractivity contribution in [2.24, 2.45) is 5.10 Å². The number of hydrazone groups is 1. The molecule has 0 aliphatic rings. The van der Waals surface area contributed by atoms with Crippen molar-refractivity contribution in [3.8, 4) is 5.75 Å². The van der Waals surface area contributed by atoms with Gasteiger partial charge in [-0.25, -0.2) is 5.43 Å². The molecular weight excluding hydrogens is 298 g/mol. The van der Waals surface area contributed by atoms with Gasteiger partial charge in [0, 0.05) is 12.1 Å². The largest absolute Gasteiger partial charge is 0.496 e. The molecule has 0 saturated heterocycles. The third-order valence-corrected chi connectivity index (χ3v) is 3.17. The maximum atomic E-state index is 12.1. The highest BCUT2D eigenvalue weighted by Crippen LogP contribution is 2.17. The number of non-ortho nitro benzene ring substituents is 1. The van der Waals surface area contributed by atoms with E-state index < -0.39 is 10.8 Å². The van der Waals surface area contributed by atoms with Crippen molar-refractivity contribution >= 4 is 17.3 Å². The number of carbonyl (C=O) groups excluding carboxylic acids is 1. The summed E-state index contributed by atoms with van der Waals surface area (Å²) in [5.41, 5.74) is 4.02. The Hall–Kier alpha value is -3.22. The molecule has 0 atom stereocenters. The van der Waals surface area contributed by atoms with E-state index >= 15 is 0 Å². The summed E-state index contributed by atoms with van der Waals surface area (Å²) >= 11 is 0. The van der Waals surface area contributed by atoms with E-state index in [1.165, 1.54) is 19.2 Å². The molecule has 0 fully saturated rings. The quantitative estimate of drug-likeness (QED) is 0.521. The number of nitrogens with one attached hydrogen (secondary N) is 1. The molecule has 2 aromatic carbocycles. The van der Waals surface area contributed by atoms with Gasteiger partial charge in [0.05, 0.1) is 23.3 Å². The predicted octanol–water partition coefficient (Wildman–Crippen LogP) is 2.76. The van der Waals surface area contributed by atoms with Gasteiger partial charge >= 0.3 is 0 Å². The molecule has 0 aliphatic heterocycles. The molecule has 118 valence electrons. The van der Waals surface area contributed by atoms with Crippen molar-refractivity contribution in [1.29, 1.82) is 0 Å². The molecule has 2 aromatic rings. The van der Waals surface area contributed by atoms with Crippen LogP contribution in [-0.2, 0) is 0 Å². The van der Waals surface area contributed by atoms with Crippen LogP contribution in [0.3, 0.4) is 0 Å². The predicted molar refractivity (Wildman–Crippen MR) is 85.8 cm³/mol. The number of hydrogen-bond acceptors (Lipinski definition) is 5. The number of nitro benzene ring substituents is 1. The molecular formula is C16H15N3O4. The van der Waals surface area contributed by atoms with Gasteiger partial charge < -0.3 is 4.74 Å². The number of hydrogen-bond donors (Lipinski definition) is 1. The van der Waals surface area contributed by atoms with Gasteiger partial charge in [-0.1, -0.05) is 12.1 Å². The lowest BCUT2D eigenvalue weighted by Gasteiger charge is -2.07. The lowest BCUT2D eigenvalue weighted by atomic mass is 10.1. The molecule has 23 heavy (non-hydrogen) atoms. The van der Waals surface area contributed by atoms with Crippen molar-refractivity contribution in [2.75, 3.05) is 7.11 Å². The van der Waals surface area contributed by atoms with E-state index in [-0.39, 0.29) is 5.69 Å². The monoisotopic (exact) mass is 313 g/mol. The van der Waals surface area contributed by atoms with Gasteiger partial charge in [0.1, 0.15) is 5.75 Å². The Kier molecular flexibility index (Phi) is 5.03. The van der Waals surface area contributed by atoms with E-state index in [0.29, 0.717) is 22.6 Å². The Morgan fingerprint density at radius 3 is 2.43 bits per heavy atom. The van der Waals surface area contributed by atoms with Gasteiger partial charge in [0.25, 0.3) is 11.6 Å². The Morgan fingerprint density at radius 1 is 1.17 bits per heavy atom. The van der Waals surface area contributed by atoms with E-state index in [0.717, 1.165) is 0 Å². The van der Waals surface area contributed by atoms with Crippen LogP contribution in [0.25, 0.3) is 0 Å². The Bertz CT molecular complexity index is 754. The van der Waals surface area contributed by atoms with Crippen LogP contribution >= 0.6 is 0 Å². The number of para-hydroxylation sites is 1. The third kappa shape index (κ3) is 3.91. The molecule has 7 nitrogen and oxygen atoms in total. The van der Waals surface area contributed by atoms with Gasteiger partial charge in [-0.05, 0) is 36.8 Å². The van der Waals surface area contributed by atoms with E-state index in [9.17, 15) is 14.9 Å². The Labute approximate surface area is 132 Å². The number of nitrogens with zero attached hydrogens (tertiary/aromatic N) is 2. The van der Waals surface area contributed by atoms with Gasteiger partial charge in [-0.3, -0.25) is 14.9 Å². The summed E-state index contributed by atoms with van der Waals surface area (Å²) in [5, 5.41) is 14.6. The summed E-state index contributed by atoms with van der Waals surface area (Å²) in [4.78, 5) is 22.3. The number of carbonyl (C=O) groups is 1. The molecule has 1 N–H and O–H groups in total. The highest BCUT2D eigenvalue weighted by molar-refractivity contribution is 6.01. The number of methoxy groups -OCH3 is 1. The lowest BCUT2D eigenvalue weighted by molar-refractivity contribution is -0.384. The second-order valence-electron chi connectivity index (χ2n) is 4.64. The second-order valence-corrected chi connectivity index (χ2v) is 4.64. The van der Waals surface area contributed by atoms with Gasteiger partial charge in [0.15, 0.2) is 0 Å². The normalized spacial score (nSPS) is 11.0. The smallest absolute Gasteiger partial charge is 0.275 e. The fraction of sp³-hybridized carbons (Fsp3) is 0.125. The lowest BCUT2D eigenvalue weighted by Crippen LogP contribution is -2.20. The highest BCUT2D eigenvalue weighted by atomic mass is 16.6. The van der Waals surface area contributed by atoms with Crippen molar-refractivity contribution in [2.45, 2.75) is 6.92 Å². The fourth-order valence-corrected chi connectivity index (χ4v) is 1.92. The van der Waals surface area contributed by atoms with E-state index in [1.54, 1.807) is 43.3 Å². The third-order valence-electron chi connectivity index (χ3n) is 3.17. The summed E-state index contributed by atoms with van der Waals surface area (Å²) in [6.07, 6.45) is 0. The molecule has 0 radical (unpaired) electrons. The molecule has 0 aromatic heterocycles. The summed E-state index contributed by atoms with van der Waals surface area (Å²) in [5.74, 6) is 0.0527. The zero-order valence-corrected chi connectivity index (χ0v) is 12.6. The van der Waals surface area contributed by atoms with Crippen LogP contribution in [-0.4, -0.2) is 23.7 Å². The van der Waals surface area contributed by atoms with Gasteiger partial charge in [-0.15, -0.1) is 0 Å². The average molecular weight is 313 g/mol. The first-order valence-corrected chi connectivity index (χ1v) is 6.75. The minimum Gasteiger partial charge on any atom is -0.496 e. The number of benzene rings is 2. The topological polar surface area (TPSA) is 93.8 Å². The van der Waals surface area contributed by atoms with Crippen LogP contribution in [0, 0.1) is 10.1 Å². The molecule has 0 aliphatic carbocycles. The maximum Gasteiger partial charge on any atom is 0.275 e. The standard InChI is InChI=1S/C16H15N3O4/c1-11(12-7-9-13(10-8-12)19(21)22)17-18-16(20)14-5-3-4-6-15(14)23-2/h3-10H,1-2H3,(H,18,20)/b17-11+. The summed E-state index contributed by atoms with van der Waals surface area (Å²) in [7, 11) is 1.48. The van der Waals surface area contributed by atoms with E-state index in [2.05, 4.69) is 10.5 Å². The highest BCUT2D eigenvalue weighted by Gasteiger charge is 2.11. The molecule has 0 heterocycles. The van der Waals surface area contributed by atoms with Crippen molar-refractivity contribution in [1.82, 2.24) is 5.43 Å². The first kappa shape index (κ1) is 16.2. The summed E-state index contributed by atoms with van der Waals surface area (Å²) < 4.78 is 5.12. The zero-order chi connectivity index (χ0) is 16.8. The number of nitro groups is 1. The van der Waals surface area contributed by atoms with Crippen LogP contribution in [0.2, 0.25) is 0 Å². The molecule has 2 rings (SSSR count). The van der Waals surface area contributed by atoms with Gasteiger partial charge in [-0.2, -0.15) is 5.10 Å². The minimum atomic E-state index is -0.473. The van der Waals surface area contributed by atoms with Crippen LogP contribution in [0.1, 0.15) is 22.8 Å². The molecule has 0 unspecified atom stereocenters. The SMILES string of the molecule is COc1ccccc1C(=O)N/N=C(\C)c1ccc([N+](=O)[O-])cc1. The van der Waals surface area contributed by atoms with E-state index in [4.69, 9.17) is 4.74 Å². The molecule has 0 saturated carbocycles. The first-order valence-electron chi connectivity index (χ1n) is 6.75. The molecule has 7 heteroatoms. The van der Waals surface area contributed by atoms with Crippen LogP contribution in [0.5, 0.6) is 5.75 Å². The zero-order valence-electron chi connectivity index (χ0n) is 12.6. The van der Waals surface area contributed by atoms with Crippen molar-refractivity contribution in [3.63, 3.8) is 0 Å². The minimum absolute atomic E-state index is 0.000363. The molecule has 0 spiro atoms. The number of rotatable bonds is 5. The average Bonchev–Trinajstić information content (AvgIpc) is 2.59.